The monoisotopic (exact) mass is 237 g/mol. The molecule has 1 heterocycles. The van der Waals surface area contributed by atoms with Crippen LogP contribution in [0, 0.1) is 0 Å². The van der Waals surface area contributed by atoms with Crippen molar-refractivity contribution in [3.8, 4) is 0 Å². The highest BCUT2D eigenvalue weighted by Crippen LogP contribution is 2.31. The SMILES string of the molecule is FC(F)(F)C(=Cc1ccccc1)n1cccc1. The topological polar surface area (TPSA) is 4.93 Å². The molecular formula is C13H10F3N. The Balaban J connectivity index is 2.46. The van der Waals surface area contributed by atoms with E-state index < -0.39 is 11.9 Å². The van der Waals surface area contributed by atoms with E-state index >= 15 is 0 Å². The highest BCUT2D eigenvalue weighted by Gasteiger charge is 2.34. The van der Waals surface area contributed by atoms with Crippen LogP contribution in [0.1, 0.15) is 5.56 Å². The summed E-state index contributed by atoms with van der Waals surface area (Å²) in [7, 11) is 0. The molecule has 0 unspecified atom stereocenters. The van der Waals surface area contributed by atoms with E-state index in [0.717, 1.165) is 10.6 Å². The van der Waals surface area contributed by atoms with Gasteiger partial charge in [-0.25, -0.2) is 0 Å². The third-order valence-corrected chi connectivity index (χ3v) is 2.28. The van der Waals surface area contributed by atoms with Crippen LogP contribution in [0.5, 0.6) is 0 Å². The van der Waals surface area contributed by atoms with Crippen molar-refractivity contribution in [2.75, 3.05) is 0 Å². The van der Waals surface area contributed by atoms with E-state index in [2.05, 4.69) is 0 Å². The zero-order valence-corrected chi connectivity index (χ0v) is 8.85. The smallest absolute Gasteiger partial charge is 0.320 e. The fourth-order valence-electron chi connectivity index (χ4n) is 1.51. The number of benzene rings is 1. The minimum Gasteiger partial charge on any atom is -0.320 e. The van der Waals surface area contributed by atoms with Crippen LogP contribution in [0.3, 0.4) is 0 Å². The Morgan fingerprint density at radius 1 is 0.941 bits per heavy atom. The summed E-state index contributed by atoms with van der Waals surface area (Å²) in [5, 5.41) is 0. The van der Waals surface area contributed by atoms with Crippen molar-refractivity contribution < 1.29 is 13.2 Å². The molecule has 2 rings (SSSR count). The normalized spacial score (nSPS) is 12.8. The number of nitrogens with zero attached hydrogens (tertiary/aromatic N) is 1. The van der Waals surface area contributed by atoms with Gasteiger partial charge in [-0.3, -0.25) is 0 Å². The van der Waals surface area contributed by atoms with Gasteiger partial charge in [0, 0.05) is 12.4 Å². The molecule has 1 nitrogen and oxygen atoms in total. The lowest BCUT2D eigenvalue weighted by molar-refractivity contribution is -0.0729. The van der Waals surface area contributed by atoms with E-state index in [1.54, 1.807) is 42.5 Å². The highest BCUT2D eigenvalue weighted by atomic mass is 19.4. The molecule has 0 N–H and O–H groups in total. The molecular weight excluding hydrogens is 227 g/mol. The van der Waals surface area contributed by atoms with Crippen LogP contribution in [0.25, 0.3) is 11.8 Å². The molecule has 1 aromatic carbocycles. The first-order valence-electron chi connectivity index (χ1n) is 5.04. The van der Waals surface area contributed by atoms with E-state index in [-0.39, 0.29) is 0 Å². The highest BCUT2D eigenvalue weighted by molar-refractivity contribution is 5.73. The van der Waals surface area contributed by atoms with Gasteiger partial charge in [-0.05, 0) is 23.8 Å². The number of aromatic nitrogens is 1. The van der Waals surface area contributed by atoms with Crippen LogP contribution in [-0.2, 0) is 0 Å². The van der Waals surface area contributed by atoms with Gasteiger partial charge in [0.2, 0.25) is 0 Å². The Morgan fingerprint density at radius 2 is 1.53 bits per heavy atom. The van der Waals surface area contributed by atoms with Crippen LogP contribution < -0.4 is 0 Å². The molecule has 1 aromatic heterocycles. The molecule has 0 atom stereocenters. The van der Waals surface area contributed by atoms with E-state index in [1.807, 2.05) is 0 Å². The van der Waals surface area contributed by atoms with Crippen molar-refractivity contribution in [2.24, 2.45) is 0 Å². The van der Waals surface area contributed by atoms with Crippen LogP contribution >= 0.6 is 0 Å². The summed E-state index contributed by atoms with van der Waals surface area (Å²) in [6, 6.07) is 11.6. The molecule has 0 aliphatic rings. The maximum absolute atomic E-state index is 12.9. The fraction of sp³-hybridized carbons (Fsp3) is 0.0769. The van der Waals surface area contributed by atoms with Gasteiger partial charge in [0.1, 0.15) is 5.70 Å². The second kappa shape index (κ2) is 4.49. The lowest BCUT2D eigenvalue weighted by atomic mass is 10.2. The predicted molar refractivity (Wildman–Crippen MR) is 61.1 cm³/mol. The first kappa shape index (κ1) is 11.5. The number of allylic oxidation sites excluding steroid dienone is 1. The van der Waals surface area contributed by atoms with E-state index in [4.69, 9.17) is 0 Å². The molecule has 0 aliphatic heterocycles. The third kappa shape index (κ3) is 2.78. The first-order chi connectivity index (χ1) is 8.07. The van der Waals surface area contributed by atoms with Crippen LogP contribution in [-0.4, -0.2) is 10.7 Å². The fourth-order valence-corrected chi connectivity index (χ4v) is 1.51. The van der Waals surface area contributed by atoms with Crippen molar-refractivity contribution in [2.45, 2.75) is 6.18 Å². The van der Waals surface area contributed by atoms with Crippen LogP contribution in [0.15, 0.2) is 54.9 Å². The first-order valence-corrected chi connectivity index (χ1v) is 5.04. The van der Waals surface area contributed by atoms with Crippen molar-refractivity contribution in [1.29, 1.82) is 0 Å². The summed E-state index contributed by atoms with van der Waals surface area (Å²) in [6.45, 7) is 0. The Hall–Kier alpha value is -1.97. The molecule has 0 fully saturated rings. The number of hydrogen-bond acceptors (Lipinski definition) is 0. The summed E-state index contributed by atoms with van der Waals surface area (Å²) in [5.74, 6) is 0. The van der Waals surface area contributed by atoms with Gasteiger partial charge < -0.3 is 4.57 Å². The standard InChI is InChI=1S/C13H10F3N/c14-13(15,16)12(17-8-4-5-9-17)10-11-6-2-1-3-7-11/h1-10H. The van der Waals surface area contributed by atoms with E-state index in [1.165, 1.54) is 12.4 Å². The third-order valence-electron chi connectivity index (χ3n) is 2.28. The van der Waals surface area contributed by atoms with Crippen LogP contribution in [0.4, 0.5) is 13.2 Å². The molecule has 0 saturated heterocycles. The Kier molecular flexibility index (Phi) is 3.04. The average Bonchev–Trinajstić information content (AvgIpc) is 2.79. The summed E-state index contributed by atoms with van der Waals surface area (Å²) < 4.78 is 39.7. The molecule has 2 aromatic rings. The second-order valence-electron chi connectivity index (χ2n) is 3.53. The second-order valence-corrected chi connectivity index (χ2v) is 3.53. The Labute approximate surface area is 96.8 Å². The summed E-state index contributed by atoms with van der Waals surface area (Å²) in [6.07, 6.45) is -0.501. The number of rotatable bonds is 2. The maximum Gasteiger partial charge on any atom is 0.431 e. The lowest BCUT2D eigenvalue weighted by Crippen LogP contribution is -2.15. The van der Waals surface area contributed by atoms with Gasteiger partial charge in [-0.15, -0.1) is 0 Å². The van der Waals surface area contributed by atoms with Gasteiger partial charge in [0.25, 0.3) is 0 Å². The van der Waals surface area contributed by atoms with Gasteiger partial charge >= 0.3 is 6.18 Å². The van der Waals surface area contributed by atoms with E-state index in [9.17, 15) is 13.2 Å². The molecule has 0 aliphatic carbocycles. The van der Waals surface area contributed by atoms with Gasteiger partial charge in [0.05, 0.1) is 0 Å². The van der Waals surface area contributed by atoms with Crippen molar-refractivity contribution >= 4 is 11.8 Å². The maximum atomic E-state index is 12.9. The number of halogens is 3. The van der Waals surface area contributed by atoms with Gasteiger partial charge in [-0.1, -0.05) is 30.3 Å². The predicted octanol–water partition coefficient (Wildman–Crippen LogP) is 4.05. The zero-order chi connectivity index (χ0) is 12.3. The Bertz CT molecular complexity index is 495. The number of alkyl halides is 3. The quantitative estimate of drug-likeness (QED) is 0.742. The van der Waals surface area contributed by atoms with Gasteiger partial charge in [-0.2, -0.15) is 13.2 Å². The van der Waals surface area contributed by atoms with Crippen molar-refractivity contribution in [3.63, 3.8) is 0 Å². The largest absolute Gasteiger partial charge is 0.431 e. The molecule has 0 spiro atoms. The zero-order valence-electron chi connectivity index (χ0n) is 8.85. The van der Waals surface area contributed by atoms with Crippen molar-refractivity contribution in [3.05, 3.63) is 60.4 Å². The van der Waals surface area contributed by atoms with Crippen LogP contribution in [0.2, 0.25) is 0 Å². The molecule has 0 radical (unpaired) electrons. The average molecular weight is 237 g/mol. The summed E-state index contributed by atoms with van der Waals surface area (Å²) in [5.41, 5.74) is -0.178. The minimum atomic E-state index is -4.38. The molecule has 88 valence electrons. The van der Waals surface area contributed by atoms with Crippen molar-refractivity contribution in [1.82, 2.24) is 4.57 Å². The molecule has 4 heteroatoms. The molecule has 0 saturated carbocycles. The molecule has 0 bridgehead atoms. The Morgan fingerprint density at radius 3 is 2.06 bits per heavy atom. The van der Waals surface area contributed by atoms with Gasteiger partial charge in [0.15, 0.2) is 0 Å². The van der Waals surface area contributed by atoms with E-state index in [0.29, 0.717) is 5.56 Å². The molecule has 17 heavy (non-hydrogen) atoms. The summed E-state index contributed by atoms with van der Waals surface area (Å²) in [4.78, 5) is 0. The number of hydrogen-bond donors (Lipinski definition) is 0. The lowest BCUT2D eigenvalue weighted by Gasteiger charge is -2.13. The summed E-state index contributed by atoms with van der Waals surface area (Å²) >= 11 is 0. The molecule has 0 amide bonds. The minimum absolute atomic E-state index is 0.522.